The number of halogens is 4. The molecular weight excluding hydrogens is 312 g/mol. The SMILES string of the molecule is C[C@H](Nc1ccc2nnc(C(F)(F)F)n2c1)c1ccc(F)cc1. The van der Waals surface area contributed by atoms with Crippen LogP contribution in [0.15, 0.2) is 42.6 Å². The van der Waals surface area contributed by atoms with Gasteiger partial charge in [0.05, 0.1) is 5.69 Å². The topological polar surface area (TPSA) is 42.2 Å². The van der Waals surface area contributed by atoms with Crippen molar-refractivity contribution in [1.29, 1.82) is 0 Å². The molecule has 3 rings (SSSR count). The number of hydrogen-bond acceptors (Lipinski definition) is 3. The Bertz CT molecular complexity index is 824. The molecule has 120 valence electrons. The molecule has 0 amide bonds. The van der Waals surface area contributed by atoms with Crippen LogP contribution in [-0.4, -0.2) is 14.6 Å². The van der Waals surface area contributed by atoms with Crippen molar-refractivity contribution in [3.63, 3.8) is 0 Å². The minimum Gasteiger partial charge on any atom is -0.377 e. The number of pyridine rings is 1. The number of rotatable bonds is 3. The normalized spacial score (nSPS) is 13.3. The maximum absolute atomic E-state index is 12.9. The second-order valence-electron chi connectivity index (χ2n) is 5.08. The molecule has 0 aliphatic carbocycles. The zero-order valence-corrected chi connectivity index (χ0v) is 12.0. The van der Waals surface area contributed by atoms with Crippen LogP contribution in [0.5, 0.6) is 0 Å². The van der Waals surface area contributed by atoms with E-state index >= 15 is 0 Å². The van der Waals surface area contributed by atoms with Gasteiger partial charge >= 0.3 is 6.18 Å². The lowest BCUT2D eigenvalue weighted by Crippen LogP contribution is -2.12. The third-order valence-corrected chi connectivity index (χ3v) is 3.41. The predicted octanol–water partition coefficient (Wildman–Crippen LogP) is 4.06. The highest BCUT2D eigenvalue weighted by Gasteiger charge is 2.36. The molecule has 3 aromatic rings. The van der Waals surface area contributed by atoms with Gasteiger partial charge in [-0.25, -0.2) is 4.39 Å². The molecule has 23 heavy (non-hydrogen) atoms. The number of aromatic nitrogens is 3. The monoisotopic (exact) mass is 324 g/mol. The van der Waals surface area contributed by atoms with Crippen LogP contribution in [0.25, 0.3) is 5.65 Å². The summed E-state index contributed by atoms with van der Waals surface area (Å²) in [5.41, 5.74) is 1.39. The van der Waals surface area contributed by atoms with Crippen molar-refractivity contribution in [3.8, 4) is 0 Å². The Balaban J connectivity index is 1.89. The lowest BCUT2D eigenvalue weighted by molar-refractivity contribution is -0.145. The van der Waals surface area contributed by atoms with Crippen LogP contribution < -0.4 is 5.32 Å². The van der Waals surface area contributed by atoms with Crippen molar-refractivity contribution in [1.82, 2.24) is 14.6 Å². The van der Waals surface area contributed by atoms with Crippen molar-refractivity contribution in [2.45, 2.75) is 19.1 Å². The molecule has 4 nitrogen and oxygen atoms in total. The summed E-state index contributed by atoms with van der Waals surface area (Å²) in [6.45, 7) is 1.83. The lowest BCUT2D eigenvalue weighted by atomic mass is 10.1. The second-order valence-corrected chi connectivity index (χ2v) is 5.08. The van der Waals surface area contributed by atoms with Gasteiger partial charge in [0, 0.05) is 12.2 Å². The molecule has 0 spiro atoms. The average Bonchev–Trinajstić information content (AvgIpc) is 2.91. The summed E-state index contributed by atoms with van der Waals surface area (Å²) in [5.74, 6) is -1.42. The van der Waals surface area contributed by atoms with Crippen LogP contribution in [0, 0.1) is 5.82 Å². The van der Waals surface area contributed by atoms with E-state index in [1.165, 1.54) is 24.4 Å². The summed E-state index contributed by atoms with van der Waals surface area (Å²) >= 11 is 0. The molecule has 1 atom stereocenters. The third-order valence-electron chi connectivity index (χ3n) is 3.41. The minimum atomic E-state index is -4.58. The first-order chi connectivity index (χ1) is 10.8. The number of anilines is 1. The fraction of sp³-hybridized carbons (Fsp3) is 0.200. The first kappa shape index (κ1) is 15.3. The molecule has 0 radical (unpaired) electrons. The highest BCUT2D eigenvalue weighted by molar-refractivity contribution is 5.51. The van der Waals surface area contributed by atoms with Gasteiger partial charge in [0.15, 0.2) is 5.65 Å². The van der Waals surface area contributed by atoms with Gasteiger partial charge in [-0.3, -0.25) is 4.40 Å². The summed E-state index contributed by atoms with van der Waals surface area (Å²) < 4.78 is 52.4. The summed E-state index contributed by atoms with van der Waals surface area (Å²) in [6.07, 6.45) is -3.29. The second kappa shape index (κ2) is 5.53. The highest BCUT2D eigenvalue weighted by Crippen LogP contribution is 2.29. The Labute approximate surface area is 128 Å². The van der Waals surface area contributed by atoms with Crippen molar-refractivity contribution in [2.75, 3.05) is 5.32 Å². The van der Waals surface area contributed by atoms with Gasteiger partial charge in [-0.05, 0) is 36.8 Å². The Hall–Kier alpha value is -2.64. The number of fused-ring (bicyclic) bond motifs is 1. The number of hydrogen-bond donors (Lipinski definition) is 1. The van der Waals surface area contributed by atoms with Crippen LogP contribution in [-0.2, 0) is 6.18 Å². The molecular formula is C15H12F4N4. The fourth-order valence-corrected chi connectivity index (χ4v) is 2.25. The minimum absolute atomic E-state index is 0.109. The van der Waals surface area contributed by atoms with E-state index in [2.05, 4.69) is 15.5 Å². The largest absolute Gasteiger partial charge is 0.452 e. The Morgan fingerprint density at radius 2 is 1.74 bits per heavy atom. The first-order valence-corrected chi connectivity index (χ1v) is 6.78. The van der Waals surface area contributed by atoms with Crippen LogP contribution in [0.4, 0.5) is 23.2 Å². The van der Waals surface area contributed by atoms with Gasteiger partial charge in [-0.2, -0.15) is 13.2 Å². The van der Waals surface area contributed by atoms with Crippen LogP contribution in [0.1, 0.15) is 24.4 Å². The van der Waals surface area contributed by atoms with Crippen molar-refractivity contribution < 1.29 is 17.6 Å². The summed E-state index contributed by atoms with van der Waals surface area (Å²) in [5, 5.41) is 9.74. The molecule has 1 N–H and O–H groups in total. The van der Waals surface area contributed by atoms with Crippen molar-refractivity contribution in [2.24, 2.45) is 0 Å². The maximum atomic E-state index is 12.9. The molecule has 1 aromatic carbocycles. The first-order valence-electron chi connectivity index (χ1n) is 6.78. The van der Waals surface area contributed by atoms with Gasteiger partial charge in [0.2, 0.25) is 5.82 Å². The summed E-state index contributed by atoms with van der Waals surface area (Å²) in [4.78, 5) is 0. The van der Waals surface area contributed by atoms with Gasteiger partial charge in [0.1, 0.15) is 5.82 Å². The zero-order valence-electron chi connectivity index (χ0n) is 12.0. The zero-order chi connectivity index (χ0) is 16.6. The summed E-state index contributed by atoms with van der Waals surface area (Å²) in [6, 6.07) is 8.75. The van der Waals surface area contributed by atoms with Crippen LogP contribution in [0.2, 0.25) is 0 Å². The standard InChI is InChI=1S/C15H12F4N4/c1-9(10-2-4-11(16)5-3-10)20-12-6-7-13-21-22-14(15(17,18)19)23(13)8-12/h2-9,20H,1H3/t9-/m0/s1. The average molecular weight is 324 g/mol. The molecule has 8 heteroatoms. The number of nitrogens with one attached hydrogen (secondary N) is 1. The molecule has 0 bridgehead atoms. The Morgan fingerprint density at radius 1 is 1.04 bits per heavy atom. The molecule has 2 aromatic heterocycles. The molecule has 0 aliphatic heterocycles. The van der Waals surface area contributed by atoms with Gasteiger partial charge in [-0.15, -0.1) is 10.2 Å². The molecule has 0 aliphatic rings. The van der Waals surface area contributed by atoms with Crippen LogP contribution >= 0.6 is 0 Å². The molecule has 0 saturated carbocycles. The van der Waals surface area contributed by atoms with E-state index in [9.17, 15) is 17.6 Å². The van der Waals surface area contributed by atoms with E-state index in [1.54, 1.807) is 18.2 Å². The lowest BCUT2D eigenvalue weighted by Gasteiger charge is -2.16. The quantitative estimate of drug-likeness (QED) is 0.739. The van der Waals surface area contributed by atoms with Gasteiger partial charge in [-0.1, -0.05) is 12.1 Å². The Morgan fingerprint density at radius 3 is 2.39 bits per heavy atom. The van der Waals surface area contributed by atoms with E-state index in [0.717, 1.165) is 9.96 Å². The van der Waals surface area contributed by atoms with E-state index in [-0.39, 0.29) is 17.5 Å². The fourth-order valence-electron chi connectivity index (χ4n) is 2.25. The predicted molar refractivity (Wildman–Crippen MR) is 76.4 cm³/mol. The number of nitrogens with zero attached hydrogens (tertiary/aromatic N) is 3. The molecule has 0 fully saturated rings. The number of alkyl halides is 3. The highest BCUT2D eigenvalue weighted by atomic mass is 19.4. The molecule has 2 heterocycles. The van der Waals surface area contributed by atoms with Crippen LogP contribution in [0.3, 0.4) is 0 Å². The third kappa shape index (κ3) is 3.10. The maximum Gasteiger partial charge on any atom is 0.452 e. The summed E-state index contributed by atoms with van der Waals surface area (Å²) in [7, 11) is 0. The Kier molecular flexibility index (Phi) is 3.67. The van der Waals surface area contributed by atoms with E-state index < -0.39 is 12.0 Å². The van der Waals surface area contributed by atoms with Gasteiger partial charge < -0.3 is 5.32 Å². The smallest absolute Gasteiger partial charge is 0.377 e. The molecule has 0 unspecified atom stereocenters. The van der Waals surface area contributed by atoms with Crippen molar-refractivity contribution >= 4 is 11.3 Å². The van der Waals surface area contributed by atoms with Crippen molar-refractivity contribution in [3.05, 3.63) is 59.8 Å². The molecule has 0 saturated heterocycles. The van der Waals surface area contributed by atoms with Gasteiger partial charge in [0.25, 0.3) is 0 Å². The van der Waals surface area contributed by atoms with E-state index in [1.807, 2.05) is 6.92 Å². The van der Waals surface area contributed by atoms with E-state index in [4.69, 9.17) is 0 Å². The van der Waals surface area contributed by atoms with E-state index in [0.29, 0.717) is 5.69 Å². The number of benzene rings is 1.